The van der Waals surface area contributed by atoms with E-state index in [1.54, 1.807) is 6.07 Å². The summed E-state index contributed by atoms with van der Waals surface area (Å²) < 4.78 is 6.92. The lowest BCUT2D eigenvalue weighted by Crippen LogP contribution is -2.38. The summed E-state index contributed by atoms with van der Waals surface area (Å²) in [6, 6.07) is 21.4. The minimum Gasteiger partial charge on any atom is -0.436 e. The summed E-state index contributed by atoms with van der Waals surface area (Å²) in [4.78, 5) is 16.9. The van der Waals surface area contributed by atoms with Gasteiger partial charge in [0.2, 0.25) is 5.89 Å². The molecule has 0 saturated heterocycles. The largest absolute Gasteiger partial charge is 0.436 e. The highest BCUT2D eigenvalue weighted by Crippen LogP contribution is 2.27. The molecule has 2 N–H and O–H groups in total. The maximum Gasteiger partial charge on any atom is 0.257 e. The van der Waals surface area contributed by atoms with E-state index in [1.807, 2.05) is 48.5 Å². The highest BCUT2D eigenvalue weighted by Gasteiger charge is 2.11. The number of oxazole rings is 1. The number of hydrogen-bond acceptors (Lipinski definition) is 4. The quantitative estimate of drug-likeness (QED) is 0.233. The molecule has 0 unspecified atom stereocenters. The lowest BCUT2D eigenvalue weighted by molar-refractivity contribution is 0.0976. The summed E-state index contributed by atoms with van der Waals surface area (Å²) in [5.74, 6) is 0.812. The number of fused-ring (bicyclic) bond motifs is 1. The molecule has 4 rings (SSSR count). The Bertz CT molecular complexity index is 1280. The van der Waals surface area contributed by atoms with E-state index in [0.717, 1.165) is 25.8 Å². The van der Waals surface area contributed by atoms with Crippen molar-refractivity contribution in [1.82, 2.24) is 15.6 Å². The Morgan fingerprint density at radius 2 is 1.88 bits per heavy atom. The van der Waals surface area contributed by atoms with Crippen molar-refractivity contribution in [2.45, 2.75) is 26.3 Å². The minimum absolute atomic E-state index is 0.229. The highest BCUT2D eigenvalue weighted by atomic mass is 127. The van der Waals surface area contributed by atoms with Gasteiger partial charge in [-0.2, -0.15) is 0 Å². The molecule has 0 fully saturated rings. The van der Waals surface area contributed by atoms with Gasteiger partial charge in [0.1, 0.15) is 5.52 Å². The number of nitrogens with one attached hydrogen (secondary N) is 2. The normalized spacial score (nSPS) is 11.0. The number of carbonyl (C=O) groups is 1. The van der Waals surface area contributed by atoms with Crippen molar-refractivity contribution >= 4 is 56.9 Å². The molecule has 0 aliphatic rings. The van der Waals surface area contributed by atoms with E-state index in [9.17, 15) is 4.79 Å². The molecule has 5 nitrogen and oxygen atoms in total. The molecule has 0 radical (unpaired) electrons. The van der Waals surface area contributed by atoms with Crippen LogP contribution in [0.15, 0.2) is 71.1 Å². The Morgan fingerprint density at radius 3 is 2.59 bits per heavy atom. The van der Waals surface area contributed by atoms with Crippen LogP contribution in [0.2, 0.25) is 0 Å². The average molecular weight is 555 g/mol. The zero-order chi connectivity index (χ0) is 22.7. The summed E-state index contributed by atoms with van der Waals surface area (Å²) in [6.07, 6.45) is 0. The fourth-order valence-corrected chi connectivity index (χ4v) is 3.93. The molecule has 3 aromatic carbocycles. The van der Waals surface area contributed by atoms with Crippen molar-refractivity contribution < 1.29 is 9.21 Å². The maximum absolute atomic E-state index is 12.3. The predicted octanol–water partition coefficient (Wildman–Crippen LogP) is 6.03. The van der Waals surface area contributed by atoms with Crippen LogP contribution in [0.5, 0.6) is 0 Å². The van der Waals surface area contributed by atoms with Crippen molar-refractivity contribution in [3.8, 4) is 11.5 Å². The van der Waals surface area contributed by atoms with Crippen molar-refractivity contribution in [1.29, 1.82) is 0 Å². The second-order valence-corrected chi connectivity index (χ2v) is 9.40. The monoisotopic (exact) mass is 555 g/mol. The van der Waals surface area contributed by atoms with E-state index in [4.69, 9.17) is 16.6 Å². The van der Waals surface area contributed by atoms with Gasteiger partial charge in [-0.1, -0.05) is 38.1 Å². The molecule has 0 spiro atoms. The number of thiocarbonyl (C=S) groups is 1. The Morgan fingerprint density at radius 1 is 1.09 bits per heavy atom. The Hall–Kier alpha value is -2.78. The maximum atomic E-state index is 12.3. The zero-order valence-corrected chi connectivity index (χ0v) is 20.7. The van der Waals surface area contributed by atoms with Gasteiger partial charge < -0.3 is 9.73 Å². The molecule has 1 heterocycles. The second-order valence-electron chi connectivity index (χ2n) is 7.74. The van der Waals surface area contributed by atoms with Gasteiger partial charge in [-0.05, 0) is 94.3 Å². The molecule has 7 heteroatoms. The van der Waals surface area contributed by atoms with Gasteiger partial charge in [-0.25, -0.2) is 4.98 Å². The lowest BCUT2D eigenvalue weighted by Gasteiger charge is -2.10. The van der Waals surface area contributed by atoms with Crippen molar-refractivity contribution in [3.63, 3.8) is 0 Å². The molecule has 1 amide bonds. The summed E-state index contributed by atoms with van der Waals surface area (Å²) in [6.45, 7) is 4.82. The number of amides is 1. The third kappa shape index (κ3) is 5.34. The smallest absolute Gasteiger partial charge is 0.257 e. The van der Waals surface area contributed by atoms with Crippen LogP contribution in [0, 0.1) is 3.57 Å². The van der Waals surface area contributed by atoms with Crippen molar-refractivity contribution in [3.05, 3.63) is 87.0 Å². The molecule has 0 aliphatic heterocycles. The van der Waals surface area contributed by atoms with E-state index < -0.39 is 0 Å². The Balaban J connectivity index is 1.37. The van der Waals surface area contributed by atoms with E-state index in [2.05, 4.69) is 64.2 Å². The number of carbonyl (C=O) groups excluding carboxylic acids is 1. The predicted molar refractivity (Wildman–Crippen MR) is 140 cm³/mol. The van der Waals surface area contributed by atoms with Gasteiger partial charge in [0.15, 0.2) is 10.7 Å². The summed E-state index contributed by atoms with van der Waals surface area (Å²) in [7, 11) is 0. The standard InChI is InChI=1S/C25H22IN3O2S/c1-15(2)18-10-11-22-21(13-18)28-24(31-22)17-8-6-16(7-9-17)14-27-25(32)29-23(30)19-4-3-5-20(26)12-19/h3-13,15H,14H2,1-2H3,(H2,27,29,30,32). The molecular weight excluding hydrogens is 533 g/mol. The second kappa shape index (κ2) is 9.79. The van der Waals surface area contributed by atoms with Crippen LogP contribution in [-0.4, -0.2) is 16.0 Å². The van der Waals surface area contributed by atoms with Gasteiger partial charge in [0, 0.05) is 21.2 Å². The first-order chi connectivity index (χ1) is 15.4. The van der Waals surface area contributed by atoms with Crippen LogP contribution in [0.1, 0.15) is 41.3 Å². The van der Waals surface area contributed by atoms with Gasteiger partial charge >= 0.3 is 0 Å². The highest BCUT2D eigenvalue weighted by molar-refractivity contribution is 14.1. The molecular formula is C25H22IN3O2S. The average Bonchev–Trinajstić information content (AvgIpc) is 3.21. The van der Waals surface area contributed by atoms with Crippen molar-refractivity contribution in [2.75, 3.05) is 0 Å². The Kier molecular flexibility index (Phi) is 6.86. The van der Waals surface area contributed by atoms with E-state index >= 15 is 0 Å². The number of hydrogen-bond donors (Lipinski definition) is 2. The molecule has 0 bridgehead atoms. The lowest BCUT2D eigenvalue weighted by atomic mass is 10.0. The van der Waals surface area contributed by atoms with Crippen LogP contribution in [0.25, 0.3) is 22.6 Å². The first kappa shape index (κ1) is 22.4. The Labute approximate surface area is 205 Å². The topological polar surface area (TPSA) is 67.2 Å². The first-order valence-corrected chi connectivity index (χ1v) is 11.7. The van der Waals surface area contributed by atoms with Crippen LogP contribution >= 0.6 is 34.8 Å². The van der Waals surface area contributed by atoms with Gasteiger partial charge in [-0.15, -0.1) is 0 Å². The molecule has 162 valence electrons. The van der Waals surface area contributed by atoms with Gasteiger partial charge in [-0.3, -0.25) is 10.1 Å². The minimum atomic E-state index is -0.229. The summed E-state index contributed by atoms with van der Waals surface area (Å²) >= 11 is 7.43. The number of rotatable bonds is 5. The van der Waals surface area contributed by atoms with Crippen LogP contribution in [0.3, 0.4) is 0 Å². The number of nitrogens with zero attached hydrogens (tertiary/aromatic N) is 1. The molecule has 1 aromatic heterocycles. The van der Waals surface area contributed by atoms with E-state index in [-0.39, 0.29) is 11.0 Å². The third-order valence-electron chi connectivity index (χ3n) is 5.05. The van der Waals surface area contributed by atoms with Crippen molar-refractivity contribution in [2.24, 2.45) is 0 Å². The molecule has 0 saturated carbocycles. The van der Waals surface area contributed by atoms with Crippen LogP contribution in [0.4, 0.5) is 0 Å². The summed E-state index contributed by atoms with van der Waals surface area (Å²) in [5.41, 5.74) is 5.40. The van der Waals surface area contributed by atoms with Crippen LogP contribution < -0.4 is 10.6 Å². The van der Waals surface area contributed by atoms with E-state index in [0.29, 0.717) is 23.9 Å². The van der Waals surface area contributed by atoms with Crippen LogP contribution in [-0.2, 0) is 6.54 Å². The van der Waals surface area contributed by atoms with E-state index in [1.165, 1.54) is 5.56 Å². The number of benzene rings is 3. The first-order valence-electron chi connectivity index (χ1n) is 10.2. The van der Waals surface area contributed by atoms with Gasteiger partial charge in [0.05, 0.1) is 0 Å². The van der Waals surface area contributed by atoms with Gasteiger partial charge in [0.25, 0.3) is 5.91 Å². The molecule has 4 aromatic rings. The fourth-order valence-electron chi connectivity index (χ4n) is 3.22. The molecule has 0 aliphatic carbocycles. The number of aromatic nitrogens is 1. The molecule has 0 atom stereocenters. The third-order valence-corrected chi connectivity index (χ3v) is 5.96. The summed E-state index contributed by atoms with van der Waals surface area (Å²) in [5, 5.41) is 6.07. The molecule has 32 heavy (non-hydrogen) atoms. The SMILES string of the molecule is CC(C)c1ccc2oc(-c3ccc(CNC(=S)NC(=O)c4cccc(I)c4)cc3)nc2c1. The number of halogens is 1. The zero-order valence-electron chi connectivity index (χ0n) is 17.7. The fraction of sp³-hybridized carbons (Fsp3) is 0.160.